The van der Waals surface area contributed by atoms with Crippen molar-refractivity contribution in [2.45, 2.75) is 20.4 Å². The predicted octanol–water partition coefficient (Wildman–Crippen LogP) is 5.67. The summed E-state index contributed by atoms with van der Waals surface area (Å²) in [4.78, 5) is 14.3. The van der Waals surface area contributed by atoms with E-state index < -0.39 is 0 Å². The van der Waals surface area contributed by atoms with Crippen molar-refractivity contribution in [1.82, 2.24) is 9.78 Å². The highest BCUT2D eigenvalue weighted by molar-refractivity contribution is 7.20. The number of nitrogens with zero attached hydrogens (tertiary/aromatic N) is 2. The number of halogens is 1. The van der Waals surface area contributed by atoms with Gasteiger partial charge >= 0.3 is 0 Å². The highest BCUT2D eigenvalue weighted by Crippen LogP contribution is 2.29. The van der Waals surface area contributed by atoms with Crippen molar-refractivity contribution in [3.05, 3.63) is 81.3 Å². The molecule has 1 amide bonds. The van der Waals surface area contributed by atoms with E-state index in [-0.39, 0.29) is 5.91 Å². The van der Waals surface area contributed by atoms with Gasteiger partial charge in [-0.25, -0.2) is 0 Å². The Morgan fingerprint density at radius 3 is 2.67 bits per heavy atom. The number of thiophene rings is 1. The van der Waals surface area contributed by atoms with Crippen LogP contribution in [0.25, 0.3) is 10.2 Å². The first-order chi connectivity index (χ1) is 13.0. The van der Waals surface area contributed by atoms with Crippen LogP contribution in [0.2, 0.25) is 5.02 Å². The second-order valence-electron chi connectivity index (χ2n) is 6.52. The number of aryl methyl sites for hydroxylation is 2. The van der Waals surface area contributed by atoms with Gasteiger partial charge in [-0.15, -0.1) is 11.3 Å². The summed E-state index contributed by atoms with van der Waals surface area (Å²) in [6.45, 7) is 4.73. The van der Waals surface area contributed by atoms with E-state index in [9.17, 15) is 4.79 Å². The molecule has 0 atom stereocenters. The Labute approximate surface area is 166 Å². The highest BCUT2D eigenvalue weighted by atomic mass is 35.5. The molecule has 0 aliphatic heterocycles. The van der Waals surface area contributed by atoms with Crippen LogP contribution in [0.1, 0.15) is 26.5 Å². The summed E-state index contributed by atoms with van der Waals surface area (Å²) in [5, 5.41) is 9.15. The van der Waals surface area contributed by atoms with Crippen LogP contribution >= 0.6 is 22.9 Å². The molecule has 27 heavy (non-hydrogen) atoms. The molecule has 1 N–H and O–H groups in total. The van der Waals surface area contributed by atoms with E-state index in [1.54, 1.807) is 12.1 Å². The number of rotatable bonds is 4. The van der Waals surface area contributed by atoms with E-state index >= 15 is 0 Å². The average molecular weight is 396 g/mol. The van der Waals surface area contributed by atoms with Gasteiger partial charge < -0.3 is 5.32 Å². The van der Waals surface area contributed by atoms with Gasteiger partial charge in [-0.3, -0.25) is 9.48 Å². The molecule has 4 aromatic rings. The largest absolute Gasteiger partial charge is 0.321 e. The number of aromatic nitrogens is 2. The molecule has 0 unspecified atom stereocenters. The molecule has 0 saturated carbocycles. The standard InChI is InChI=1S/C21H18ClN3OS/c1-13-6-8-15(9-7-13)12-25-21-18(14(2)24-25)11-19(27-21)20(26)23-17-5-3-4-16(22)10-17/h3-11H,12H2,1-2H3,(H,23,26). The smallest absolute Gasteiger partial charge is 0.265 e. The van der Waals surface area contributed by atoms with Crippen molar-refractivity contribution >= 4 is 44.7 Å². The molecule has 0 fully saturated rings. The number of hydrogen-bond acceptors (Lipinski definition) is 3. The SMILES string of the molecule is Cc1ccc(Cn2nc(C)c3cc(C(=O)Nc4cccc(Cl)c4)sc32)cc1. The Balaban J connectivity index is 1.62. The normalized spacial score (nSPS) is 11.1. The zero-order chi connectivity index (χ0) is 19.0. The van der Waals surface area contributed by atoms with Crippen LogP contribution < -0.4 is 5.32 Å². The van der Waals surface area contributed by atoms with Gasteiger partial charge in [0.1, 0.15) is 4.83 Å². The van der Waals surface area contributed by atoms with Crippen molar-refractivity contribution in [1.29, 1.82) is 0 Å². The lowest BCUT2D eigenvalue weighted by Gasteiger charge is -2.04. The molecule has 0 aliphatic rings. The van der Waals surface area contributed by atoms with Gasteiger partial charge in [0.15, 0.2) is 0 Å². The first kappa shape index (κ1) is 17.8. The number of hydrogen-bond donors (Lipinski definition) is 1. The second-order valence-corrected chi connectivity index (χ2v) is 7.99. The lowest BCUT2D eigenvalue weighted by Crippen LogP contribution is -2.10. The maximum atomic E-state index is 12.6. The summed E-state index contributed by atoms with van der Waals surface area (Å²) >= 11 is 7.44. The Kier molecular flexibility index (Phi) is 4.72. The molecule has 4 rings (SSSR count). The molecule has 0 aliphatic carbocycles. The Morgan fingerprint density at radius 1 is 1.15 bits per heavy atom. The van der Waals surface area contributed by atoms with E-state index in [1.165, 1.54) is 22.5 Å². The topological polar surface area (TPSA) is 46.9 Å². The Bertz CT molecular complexity index is 1130. The van der Waals surface area contributed by atoms with Crippen LogP contribution in [0.15, 0.2) is 54.6 Å². The molecule has 0 spiro atoms. The number of carbonyl (C=O) groups excluding carboxylic acids is 1. The molecule has 2 aromatic heterocycles. The lowest BCUT2D eigenvalue weighted by atomic mass is 10.1. The molecule has 4 nitrogen and oxygen atoms in total. The van der Waals surface area contributed by atoms with Crippen LogP contribution in [0.3, 0.4) is 0 Å². The zero-order valence-electron chi connectivity index (χ0n) is 15.0. The number of amides is 1. The molecule has 2 aromatic carbocycles. The molecular formula is C21H18ClN3OS. The van der Waals surface area contributed by atoms with Gasteiger partial charge in [0.25, 0.3) is 5.91 Å². The summed E-state index contributed by atoms with van der Waals surface area (Å²) in [5.41, 5.74) is 4.03. The van der Waals surface area contributed by atoms with Gasteiger partial charge in [0.05, 0.1) is 17.1 Å². The van der Waals surface area contributed by atoms with Gasteiger partial charge in [0, 0.05) is 16.1 Å². The van der Waals surface area contributed by atoms with Gasteiger partial charge in [0.2, 0.25) is 0 Å². The molecule has 136 valence electrons. The average Bonchev–Trinajstić information content (AvgIpc) is 3.19. The van der Waals surface area contributed by atoms with E-state index in [0.29, 0.717) is 22.1 Å². The van der Waals surface area contributed by atoms with Crippen LogP contribution in [0.5, 0.6) is 0 Å². The summed E-state index contributed by atoms with van der Waals surface area (Å²) in [6, 6.07) is 17.5. The minimum atomic E-state index is -0.139. The lowest BCUT2D eigenvalue weighted by molar-refractivity contribution is 0.103. The first-order valence-electron chi connectivity index (χ1n) is 8.59. The molecule has 2 heterocycles. The van der Waals surface area contributed by atoms with Crippen LogP contribution in [-0.2, 0) is 6.54 Å². The minimum absolute atomic E-state index is 0.139. The monoisotopic (exact) mass is 395 g/mol. The summed E-state index contributed by atoms with van der Waals surface area (Å²) in [7, 11) is 0. The maximum Gasteiger partial charge on any atom is 0.265 e. The minimum Gasteiger partial charge on any atom is -0.321 e. The number of nitrogens with one attached hydrogen (secondary N) is 1. The Morgan fingerprint density at radius 2 is 1.93 bits per heavy atom. The Hall–Kier alpha value is -2.63. The van der Waals surface area contributed by atoms with E-state index in [0.717, 1.165) is 15.9 Å². The zero-order valence-corrected chi connectivity index (χ0v) is 16.6. The number of benzene rings is 2. The third kappa shape index (κ3) is 3.75. The quantitative estimate of drug-likeness (QED) is 0.484. The first-order valence-corrected chi connectivity index (χ1v) is 9.78. The fraction of sp³-hybridized carbons (Fsp3) is 0.143. The number of fused-ring (bicyclic) bond motifs is 1. The van der Waals surface area contributed by atoms with Crippen molar-refractivity contribution in [2.24, 2.45) is 0 Å². The van der Waals surface area contributed by atoms with Crippen molar-refractivity contribution in [2.75, 3.05) is 5.32 Å². The number of carbonyl (C=O) groups is 1. The van der Waals surface area contributed by atoms with Crippen molar-refractivity contribution in [3.63, 3.8) is 0 Å². The van der Waals surface area contributed by atoms with E-state index in [4.69, 9.17) is 11.6 Å². The fourth-order valence-electron chi connectivity index (χ4n) is 2.96. The second kappa shape index (κ2) is 7.18. The van der Waals surface area contributed by atoms with E-state index in [2.05, 4.69) is 41.6 Å². The summed E-state index contributed by atoms with van der Waals surface area (Å²) in [6.07, 6.45) is 0. The maximum absolute atomic E-state index is 12.6. The van der Waals surface area contributed by atoms with E-state index in [1.807, 2.05) is 29.8 Å². The van der Waals surface area contributed by atoms with Gasteiger partial charge in [-0.2, -0.15) is 5.10 Å². The third-order valence-electron chi connectivity index (χ3n) is 4.37. The third-order valence-corrected chi connectivity index (χ3v) is 5.75. The highest BCUT2D eigenvalue weighted by Gasteiger charge is 2.16. The van der Waals surface area contributed by atoms with Gasteiger partial charge in [-0.05, 0) is 43.7 Å². The molecular weight excluding hydrogens is 378 g/mol. The van der Waals surface area contributed by atoms with Crippen molar-refractivity contribution < 1.29 is 4.79 Å². The van der Waals surface area contributed by atoms with Gasteiger partial charge in [-0.1, -0.05) is 47.5 Å². The fourth-order valence-corrected chi connectivity index (χ4v) is 4.20. The summed E-state index contributed by atoms with van der Waals surface area (Å²) < 4.78 is 1.97. The van der Waals surface area contributed by atoms with Crippen molar-refractivity contribution in [3.8, 4) is 0 Å². The van der Waals surface area contributed by atoms with Crippen LogP contribution in [0, 0.1) is 13.8 Å². The summed E-state index contributed by atoms with van der Waals surface area (Å²) in [5.74, 6) is -0.139. The predicted molar refractivity (Wildman–Crippen MR) is 112 cm³/mol. The number of anilines is 1. The van der Waals surface area contributed by atoms with Crippen LogP contribution in [0.4, 0.5) is 5.69 Å². The van der Waals surface area contributed by atoms with Crippen LogP contribution in [-0.4, -0.2) is 15.7 Å². The molecule has 0 bridgehead atoms. The molecule has 0 saturated heterocycles. The molecule has 6 heteroatoms. The molecule has 0 radical (unpaired) electrons.